The second-order valence-corrected chi connectivity index (χ2v) is 7.26. The van der Waals surface area contributed by atoms with Gasteiger partial charge >= 0.3 is 0 Å². The topological polar surface area (TPSA) is 15.3 Å². The van der Waals surface area contributed by atoms with Gasteiger partial charge in [0.1, 0.15) is 0 Å². The summed E-state index contributed by atoms with van der Waals surface area (Å²) in [6.07, 6.45) is 2.62. The highest BCUT2D eigenvalue weighted by molar-refractivity contribution is 9.10. The van der Waals surface area contributed by atoms with Gasteiger partial charge in [-0.05, 0) is 49.9 Å². The van der Waals surface area contributed by atoms with Gasteiger partial charge in [0.25, 0.3) is 0 Å². The Labute approximate surface area is 125 Å². The second-order valence-electron chi connectivity index (χ2n) is 6.41. The average molecular weight is 325 g/mol. The lowest BCUT2D eigenvalue weighted by Crippen LogP contribution is -2.40. The van der Waals surface area contributed by atoms with Gasteiger partial charge < -0.3 is 10.2 Å². The van der Waals surface area contributed by atoms with E-state index in [0.717, 1.165) is 6.54 Å². The number of hydrogen-bond donors (Lipinski definition) is 1. The summed E-state index contributed by atoms with van der Waals surface area (Å²) in [7, 11) is 2.00. The smallest absolute Gasteiger partial charge is 0.0377 e. The van der Waals surface area contributed by atoms with E-state index in [0.29, 0.717) is 11.5 Å². The molecule has 1 unspecified atom stereocenters. The Morgan fingerprint density at radius 3 is 2.68 bits per heavy atom. The molecular formula is C16H25BrN2. The van der Waals surface area contributed by atoms with Gasteiger partial charge in [0.05, 0.1) is 0 Å². The molecule has 1 aromatic carbocycles. The van der Waals surface area contributed by atoms with Crippen LogP contribution in [0.2, 0.25) is 0 Å². The summed E-state index contributed by atoms with van der Waals surface area (Å²) in [5, 5.41) is 3.29. The lowest BCUT2D eigenvalue weighted by molar-refractivity contribution is 0.293. The van der Waals surface area contributed by atoms with E-state index in [9.17, 15) is 0 Å². The van der Waals surface area contributed by atoms with E-state index < -0.39 is 0 Å². The molecular weight excluding hydrogens is 300 g/mol. The maximum Gasteiger partial charge on any atom is 0.0377 e. The fraction of sp³-hybridized carbons (Fsp3) is 0.625. The quantitative estimate of drug-likeness (QED) is 0.888. The van der Waals surface area contributed by atoms with E-state index in [1.54, 1.807) is 0 Å². The Morgan fingerprint density at radius 1 is 1.37 bits per heavy atom. The predicted molar refractivity (Wildman–Crippen MR) is 86.8 cm³/mol. The summed E-state index contributed by atoms with van der Waals surface area (Å²) in [6, 6.07) is 7.14. The third-order valence-electron chi connectivity index (χ3n) is 4.15. The van der Waals surface area contributed by atoms with Gasteiger partial charge in [-0.3, -0.25) is 0 Å². The van der Waals surface area contributed by atoms with Crippen LogP contribution in [0.5, 0.6) is 0 Å². The van der Waals surface area contributed by atoms with Crippen molar-refractivity contribution in [2.24, 2.45) is 5.41 Å². The van der Waals surface area contributed by atoms with Gasteiger partial charge in [-0.1, -0.05) is 35.8 Å². The number of piperidine rings is 1. The highest BCUT2D eigenvalue weighted by Crippen LogP contribution is 2.34. The zero-order valence-electron chi connectivity index (χ0n) is 12.5. The summed E-state index contributed by atoms with van der Waals surface area (Å²) >= 11 is 3.72. The summed E-state index contributed by atoms with van der Waals surface area (Å²) in [5.41, 5.74) is 3.09. The summed E-state index contributed by atoms with van der Waals surface area (Å²) < 4.78 is 1.20. The molecule has 1 fully saturated rings. The lowest BCUT2D eigenvalue weighted by Gasteiger charge is -2.39. The number of benzene rings is 1. The van der Waals surface area contributed by atoms with Crippen LogP contribution in [0.4, 0.5) is 5.69 Å². The maximum absolute atomic E-state index is 3.72. The SMILES string of the molecule is CNC(C)c1ccc(N2CCCC(C)(C)C2)cc1Br. The van der Waals surface area contributed by atoms with E-state index in [1.807, 2.05) is 7.05 Å². The molecule has 1 N–H and O–H groups in total. The van der Waals surface area contributed by atoms with Crippen LogP contribution < -0.4 is 10.2 Å². The monoisotopic (exact) mass is 324 g/mol. The standard InChI is InChI=1S/C16H25BrN2/c1-12(18-4)14-7-6-13(10-15(14)17)19-9-5-8-16(2,3)11-19/h6-7,10,12,18H,5,8-9,11H2,1-4H3. The molecule has 1 atom stereocenters. The zero-order valence-corrected chi connectivity index (χ0v) is 14.0. The second kappa shape index (κ2) is 5.84. The van der Waals surface area contributed by atoms with E-state index in [2.05, 4.69) is 65.1 Å². The molecule has 3 heteroatoms. The minimum absolute atomic E-state index is 0.376. The van der Waals surface area contributed by atoms with E-state index >= 15 is 0 Å². The van der Waals surface area contributed by atoms with Crippen molar-refractivity contribution in [3.63, 3.8) is 0 Å². The van der Waals surface area contributed by atoms with Crippen molar-refractivity contribution in [1.29, 1.82) is 0 Å². The van der Waals surface area contributed by atoms with Gasteiger partial charge in [-0.25, -0.2) is 0 Å². The van der Waals surface area contributed by atoms with Crippen LogP contribution in [-0.2, 0) is 0 Å². The normalized spacial score (nSPS) is 20.4. The van der Waals surface area contributed by atoms with Crippen LogP contribution in [0.25, 0.3) is 0 Å². The number of nitrogens with one attached hydrogen (secondary N) is 1. The van der Waals surface area contributed by atoms with Crippen LogP contribution in [0, 0.1) is 5.41 Å². The van der Waals surface area contributed by atoms with Gasteiger partial charge in [0.15, 0.2) is 0 Å². The fourth-order valence-corrected chi connectivity index (χ4v) is 3.57. The first-order valence-corrected chi connectivity index (χ1v) is 7.94. The van der Waals surface area contributed by atoms with Gasteiger partial charge in [-0.15, -0.1) is 0 Å². The van der Waals surface area contributed by atoms with Crippen molar-refractivity contribution >= 4 is 21.6 Å². The van der Waals surface area contributed by atoms with Crippen molar-refractivity contribution in [3.05, 3.63) is 28.2 Å². The predicted octanol–water partition coefficient (Wildman–Crippen LogP) is 4.36. The summed E-state index contributed by atoms with van der Waals surface area (Å²) in [6.45, 7) is 9.25. The molecule has 0 spiro atoms. The molecule has 0 bridgehead atoms. The zero-order chi connectivity index (χ0) is 14.0. The van der Waals surface area contributed by atoms with Crippen LogP contribution in [0.15, 0.2) is 22.7 Å². The minimum Gasteiger partial charge on any atom is -0.371 e. The average Bonchev–Trinajstić information content (AvgIpc) is 2.36. The van der Waals surface area contributed by atoms with Crippen molar-refractivity contribution in [2.75, 3.05) is 25.0 Å². The Hall–Kier alpha value is -0.540. The molecule has 1 saturated heterocycles. The Bertz CT molecular complexity index is 442. The Morgan fingerprint density at radius 2 is 2.11 bits per heavy atom. The molecule has 106 valence electrons. The number of halogens is 1. The van der Waals surface area contributed by atoms with E-state index in [-0.39, 0.29) is 0 Å². The van der Waals surface area contributed by atoms with Crippen molar-refractivity contribution in [1.82, 2.24) is 5.32 Å². The number of anilines is 1. The third kappa shape index (κ3) is 3.51. The first kappa shape index (κ1) is 14.9. The largest absolute Gasteiger partial charge is 0.371 e. The minimum atomic E-state index is 0.376. The highest BCUT2D eigenvalue weighted by Gasteiger charge is 2.26. The number of nitrogens with zero attached hydrogens (tertiary/aromatic N) is 1. The fourth-order valence-electron chi connectivity index (χ4n) is 2.86. The molecule has 0 amide bonds. The van der Waals surface area contributed by atoms with E-state index in [4.69, 9.17) is 0 Å². The van der Waals surface area contributed by atoms with Crippen molar-refractivity contribution in [3.8, 4) is 0 Å². The molecule has 1 heterocycles. The Kier molecular flexibility index (Phi) is 4.57. The van der Waals surface area contributed by atoms with Gasteiger partial charge in [0.2, 0.25) is 0 Å². The molecule has 1 aliphatic rings. The molecule has 2 nitrogen and oxygen atoms in total. The maximum atomic E-state index is 3.72. The molecule has 19 heavy (non-hydrogen) atoms. The summed E-state index contributed by atoms with van der Waals surface area (Å²) in [4.78, 5) is 2.52. The number of rotatable bonds is 3. The van der Waals surface area contributed by atoms with Crippen molar-refractivity contribution < 1.29 is 0 Å². The van der Waals surface area contributed by atoms with Crippen LogP contribution in [-0.4, -0.2) is 20.1 Å². The number of hydrogen-bond acceptors (Lipinski definition) is 2. The molecule has 0 aliphatic carbocycles. The van der Waals surface area contributed by atoms with Gasteiger partial charge in [0, 0.05) is 29.3 Å². The first-order valence-electron chi connectivity index (χ1n) is 7.14. The van der Waals surface area contributed by atoms with Crippen LogP contribution >= 0.6 is 15.9 Å². The first-order chi connectivity index (χ1) is 8.93. The lowest BCUT2D eigenvalue weighted by atomic mass is 9.84. The van der Waals surface area contributed by atoms with Crippen LogP contribution in [0.1, 0.15) is 45.2 Å². The van der Waals surface area contributed by atoms with Gasteiger partial charge in [-0.2, -0.15) is 0 Å². The third-order valence-corrected chi connectivity index (χ3v) is 4.84. The Balaban J connectivity index is 2.20. The molecule has 0 radical (unpaired) electrons. The van der Waals surface area contributed by atoms with Crippen LogP contribution in [0.3, 0.4) is 0 Å². The molecule has 2 rings (SSSR count). The molecule has 1 aliphatic heterocycles. The summed E-state index contributed by atoms with van der Waals surface area (Å²) in [5.74, 6) is 0. The van der Waals surface area contributed by atoms with Crippen molar-refractivity contribution in [2.45, 2.75) is 39.7 Å². The van der Waals surface area contributed by atoms with E-state index in [1.165, 1.54) is 35.1 Å². The highest BCUT2D eigenvalue weighted by atomic mass is 79.9. The molecule has 1 aromatic rings. The molecule has 0 saturated carbocycles. The molecule has 0 aromatic heterocycles.